The van der Waals surface area contributed by atoms with Crippen LogP contribution in [0.2, 0.25) is 0 Å². The number of amides is 2. The van der Waals surface area contributed by atoms with Crippen LogP contribution in [0, 0.1) is 0 Å². The fourth-order valence-corrected chi connectivity index (χ4v) is 3.41. The van der Waals surface area contributed by atoms with Crippen molar-refractivity contribution in [3.8, 4) is 5.75 Å². The number of rotatable bonds is 5. The van der Waals surface area contributed by atoms with E-state index < -0.39 is 0 Å². The second-order valence-corrected chi connectivity index (χ2v) is 7.51. The number of ether oxygens (including phenoxy) is 1. The Hall–Kier alpha value is -3.13. The number of aromatic nitrogens is 2. The van der Waals surface area contributed by atoms with E-state index in [0.717, 1.165) is 10.0 Å². The Labute approximate surface area is 176 Å². The summed E-state index contributed by atoms with van der Waals surface area (Å²) in [5.74, 6) is 0.734. The van der Waals surface area contributed by atoms with Gasteiger partial charge in [-0.2, -0.15) is 5.10 Å². The smallest absolute Gasteiger partial charge is 0.245 e. The van der Waals surface area contributed by atoms with Gasteiger partial charge in [0.05, 0.1) is 31.5 Å². The van der Waals surface area contributed by atoms with Gasteiger partial charge in [0, 0.05) is 10.5 Å². The van der Waals surface area contributed by atoms with Gasteiger partial charge in [-0.25, -0.2) is 4.68 Å². The lowest BCUT2D eigenvalue weighted by atomic mass is 10.2. The third kappa shape index (κ3) is 4.48. The van der Waals surface area contributed by atoms with Crippen LogP contribution >= 0.6 is 15.9 Å². The Morgan fingerprint density at radius 1 is 1.14 bits per heavy atom. The number of halogens is 1. The number of nitrogens with zero attached hydrogens (tertiary/aromatic N) is 3. The first-order valence-corrected chi connectivity index (χ1v) is 9.98. The molecule has 0 unspecified atom stereocenters. The minimum Gasteiger partial charge on any atom is -0.491 e. The third-order valence-electron chi connectivity index (χ3n) is 4.56. The average Bonchev–Trinajstić information content (AvgIpc) is 3.08. The first-order chi connectivity index (χ1) is 14.1. The monoisotopic (exact) mass is 454 g/mol. The van der Waals surface area contributed by atoms with Crippen molar-refractivity contribution in [2.75, 3.05) is 23.4 Å². The van der Waals surface area contributed by atoms with Crippen LogP contribution < -0.4 is 15.0 Å². The summed E-state index contributed by atoms with van der Waals surface area (Å²) in [5, 5.41) is 7.15. The Morgan fingerprint density at radius 3 is 2.76 bits per heavy atom. The molecular weight excluding hydrogens is 436 g/mol. The van der Waals surface area contributed by atoms with Crippen molar-refractivity contribution in [2.24, 2.45) is 0 Å². The summed E-state index contributed by atoms with van der Waals surface area (Å²) in [4.78, 5) is 26.7. The first-order valence-electron chi connectivity index (χ1n) is 9.18. The number of carbonyl (C=O) groups excluding carboxylic acids is 2. The van der Waals surface area contributed by atoms with Crippen molar-refractivity contribution in [2.45, 2.75) is 13.0 Å². The maximum Gasteiger partial charge on any atom is 0.245 e. The molecule has 7 nitrogen and oxygen atoms in total. The van der Waals surface area contributed by atoms with E-state index in [4.69, 9.17) is 4.74 Å². The minimum atomic E-state index is -0.299. The van der Waals surface area contributed by atoms with Crippen LogP contribution in [0.3, 0.4) is 0 Å². The number of hydrogen-bond donors (Lipinski definition) is 1. The lowest BCUT2D eigenvalue weighted by Gasteiger charge is -2.21. The molecule has 2 aromatic carbocycles. The van der Waals surface area contributed by atoms with E-state index in [-0.39, 0.29) is 24.8 Å². The summed E-state index contributed by atoms with van der Waals surface area (Å²) < 4.78 is 8.33. The van der Waals surface area contributed by atoms with Crippen molar-refractivity contribution in [3.05, 3.63) is 70.8 Å². The van der Waals surface area contributed by atoms with E-state index in [1.807, 2.05) is 36.4 Å². The first kappa shape index (κ1) is 19.2. The zero-order chi connectivity index (χ0) is 20.2. The molecule has 0 spiro atoms. The maximum atomic E-state index is 12.7. The highest BCUT2D eigenvalue weighted by Crippen LogP contribution is 2.30. The van der Waals surface area contributed by atoms with E-state index in [2.05, 4.69) is 26.3 Å². The summed E-state index contributed by atoms with van der Waals surface area (Å²) in [6.07, 6.45) is 1.86. The molecule has 0 bridgehead atoms. The van der Waals surface area contributed by atoms with Crippen LogP contribution in [-0.4, -0.2) is 34.7 Å². The molecule has 0 saturated heterocycles. The molecule has 1 aliphatic rings. The molecule has 0 fully saturated rings. The molecule has 1 aliphatic heterocycles. The number of anilines is 2. The fourth-order valence-electron chi connectivity index (χ4n) is 3.15. The normalized spacial score (nSPS) is 13.4. The van der Waals surface area contributed by atoms with Crippen LogP contribution in [0.5, 0.6) is 5.75 Å². The van der Waals surface area contributed by atoms with Crippen LogP contribution in [-0.2, 0) is 16.1 Å². The lowest BCUT2D eigenvalue weighted by Crippen LogP contribution is -2.38. The van der Waals surface area contributed by atoms with Gasteiger partial charge in [0.2, 0.25) is 11.8 Å². The molecule has 29 heavy (non-hydrogen) atoms. The second kappa shape index (κ2) is 8.48. The number of benzene rings is 2. The van der Waals surface area contributed by atoms with E-state index >= 15 is 0 Å². The minimum absolute atomic E-state index is 0.0946. The highest BCUT2D eigenvalue weighted by molar-refractivity contribution is 9.10. The molecule has 2 heterocycles. The predicted octanol–water partition coefficient (Wildman–Crippen LogP) is 3.45. The summed E-state index contributed by atoms with van der Waals surface area (Å²) in [5.41, 5.74) is 1.66. The topological polar surface area (TPSA) is 76.5 Å². The Morgan fingerprint density at radius 2 is 1.93 bits per heavy atom. The quantitative estimate of drug-likeness (QED) is 0.640. The van der Waals surface area contributed by atoms with E-state index in [1.54, 1.807) is 29.1 Å². The van der Waals surface area contributed by atoms with E-state index in [1.165, 1.54) is 4.90 Å². The van der Waals surface area contributed by atoms with Gasteiger partial charge in [-0.3, -0.25) is 14.5 Å². The predicted molar refractivity (Wildman–Crippen MR) is 113 cm³/mol. The van der Waals surface area contributed by atoms with Gasteiger partial charge < -0.3 is 10.1 Å². The molecule has 2 amide bonds. The zero-order valence-corrected chi connectivity index (χ0v) is 17.1. The molecule has 4 rings (SSSR count). The van der Waals surface area contributed by atoms with Crippen LogP contribution in [0.25, 0.3) is 0 Å². The molecule has 0 aliphatic carbocycles. The average molecular weight is 455 g/mol. The van der Waals surface area contributed by atoms with Crippen molar-refractivity contribution < 1.29 is 14.3 Å². The van der Waals surface area contributed by atoms with E-state index in [9.17, 15) is 9.59 Å². The van der Waals surface area contributed by atoms with Gasteiger partial charge in [0.1, 0.15) is 18.1 Å². The highest BCUT2D eigenvalue weighted by Gasteiger charge is 2.25. The Kier molecular flexibility index (Phi) is 5.62. The highest BCUT2D eigenvalue weighted by atomic mass is 79.9. The zero-order valence-electron chi connectivity index (χ0n) is 15.5. The molecule has 0 radical (unpaired) electrons. The maximum absolute atomic E-state index is 12.7. The number of para-hydroxylation sites is 2. The third-order valence-corrected chi connectivity index (χ3v) is 5.09. The molecule has 8 heteroatoms. The van der Waals surface area contributed by atoms with Crippen molar-refractivity contribution in [1.82, 2.24) is 9.78 Å². The lowest BCUT2D eigenvalue weighted by molar-refractivity contribution is -0.121. The van der Waals surface area contributed by atoms with Crippen molar-refractivity contribution in [3.63, 3.8) is 0 Å². The summed E-state index contributed by atoms with van der Waals surface area (Å²) in [6.45, 7) is 0.728. The summed E-state index contributed by atoms with van der Waals surface area (Å²) >= 11 is 3.42. The van der Waals surface area contributed by atoms with Gasteiger partial charge in [-0.05, 0) is 29.8 Å². The number of nitrogens with one attached hydrogen (secondary N) is 1. The summed E-state index contributed by atoms with van der Waals surface area (Å²) in [6, 6.07) is 16.9. The van der Waals surface area contributed by atoms with Crippen LogP contribution in [0.15, 0.2) is 65.3 Å². The van der Waals surface area contributed by atoms with Crippen LogP contribution in [0.1, 0.15) is 12.0 Å². The number of fused-ring (bicyclic) bond motifs is 1. The molecule has 148 valence electrons. The Balaban J connectivity index is 1.47. The van der Waals surface area contributed by atoms with Gasteiger partial charge in [-0.15, -0.1) is 0 Å². The van der Waals surface area contributed by atoms with Gasteiger partial charge in [0.15, 0.2) is 0 Å². The number of hydrogen-bond acceptors (Lipinski definition) is 4. The fraction of sp³-hybridized carbons (Fsp3) is 0.190. The summed E-state index contributed by atoms with van der Waals surface area (Å²) in [7, 11) is 0. The van der Waals surface area contributed by atoms with Gasteiger partial charge in [-0.1, -0.05) is 40.2 Å². The Bertz CT molecular complexity index is 1030. The SMILES string of the molecule is O=C(CN1C(=O)CCOc2ccccc21)Nc1ccnn1Cc1ccc(Br)cc1. The number of carbonyl (C=O) groups is 2. The van der Waals surface area contributed by atoms with Crippen LogP contribution in [0.4, 0.5) is 11.5 Å². The van der Waals surface area contributed by atoms with Crippen molar-refractivity contribution in [1.29, 1.82) is 0 Å². The molecule has 1 aromatic heterocycles. The van der Waals surface area contributed by atoms with Gasteiger partial charge >= 0.3 is 0 Å². The second-order valence-electron chi connectivity index (χ2n) is 6.59. The van der Waals surface area contributed by atoms with E-state index in [0.29, 0.717) is 30.4 Å². The molecule has 0 atom stereocenters. The molecule has 0 saturated carbocycles. The van der Waals surface area contributed by atoms with Gasteiger partial charge in [0.25, 0.3) is 0 Å². The molecular formula is C21H19BrN4O3. The van der Waals surface area contributed by atoms with Crippen molar-refractivity contribution >= 4 is 39.2 Å². The molecule has 1 N–H and O–H groups in total. The standard InChI is InChI=1S/C21H19BrN4O3/c22-16-7-5-15(6-8-16)13-26-19(9-11-23-26)24-20(27)14-25-17-3-1-2-4-18(17)29-12-10-21(25)28/h1-9,11H,10,12-14H2,(H,24,27). The molecule has 3 aromatic rings. The largest absolute Gasteiger partial charge is 0.491 e.